The van der Waals surface area contributed by atoms with Crippen LogP contribution in [0.2, 0.25) is 0 Å². The smallest absolute Gasteiger partial charge is 0.243 e. The van der Waals surface area contributed by atoms with Gasteiger partial charge in [-0.15, -0.1) is 24.0 Å². The van der Waals surface area contributed by atoms with Gasteiger partial charge in [-0.25, -0.2) is 4.99 Å². The SMILES string of the molecule is CCN1CCCC1CNC(=NCC(=O)N(C)C)NC1CCCN(Cc2ccccc2)C1.I. The van der Waals surface area contributed by atoms with Gasteiger partial charge in [0.05, 0.1) is 0 Å². The molecular formula is C24H41IN6O. The first-order valence-corrected chi connectivity index (χ1v) is 11.8. The Hall–Kier alpha value is -1.39. The lowest BCUT2D eigenvalue weighted by atomic mass is 10.0. The zero-order valence-electron chi connectivity index (χ0n) is 19.9. The van der Waals surface area contributed by atoms with Gasteiger partial charge in [-0.1, -0.05) is 37.3 Å². The molecular weight excluding hydrogens is 515 g/mol. The summed E-state index contributed by atoms with van der Waals surface area (Å²) < 4.78 is 0. The molecule has 2 heterocycles. The van der Waals surface area contributed by atoms with Crippen LogP contribution in [0.1, 0.15) is 38.2 Å². The van der Waals surface area contributed by atoms with Gasteiger partial charge in [-0.2, -0.15) is 0 Å². The molecule has 2 aliphatic rings. The summed E-state index contributed by atoms with van der Waals surface area (Å²) in [6.45, 7) is 8.63. The van der Waals surface area contributed by atoms with Crippen LogP contribution in [-0.4, -0.2) is 92.0 Å². The quantitative estimate of drug-likeness (QED) is 0.293. The molecule has 1 aromatic carbocycles. The number of likely N-dealkylation sites (tertiary alicyclic amines) is 2. The topological polar surface area (TPSA) is 63.2 Å². The second-order valence-electron chi connectivity index (χ2n) is 8.96. The van der Waals surface area contributed by atoms with E-state index < -0.39 is 0 Å². The zero-order valence-corrected chi connectivity index (χ0v) is 22.3. The van der Waals surface area contributed by atoms with Crippen LogP contribution in [0, 0.1) is 0 Å². The van der Waals surface area contributed by atoms with Gasteiger partial charge in [0.1, 0.15) is 6.54 Å². The van der Waals surface area contributed by atoms with Gasteiger partial charge >= 0.3 is 0 Å². The maximum Gasteiger partial charge on any atom is 0.243 e. The van der Waals surface area contributed by atoms with Gasteiger partial charge in [-0.05, 0) is 50.9 Å². The fourth-order valence-electron chi connectivity index (χ4n) is 4.55. The molecule has 8 heteroatoms. The van der Waals surface area contributed by atoms with E-state index in [1.165, 1.54) is 31.4 Å². The van der Waals surface area contributed by atoms with E-state index in [0.29, 0.717) is 12.1 Å². The van der Waals surface area contributed by atoms with Gasteiger partial charge in [0.15, 0.2) is 5.96 Å². The summed E-state index contributed by atoms with van der Waals surface area (Å²) in [6.07, 6.45) is 4.77. The number of likely N-dealkylation sites (N-methyl/N-ethyl adjacent to an activating group) is 2. The Morgan fingerprint density at radius 2 is 1.91 bits per heavy atom. The number of benzene rings is 1. The number of aliphatic imine (C=N–C) groups is 1. The van der Waals surface area contributed by atoms with Crippen LogP contribution >= 0.6 is 24.0 Å². The monoisotopic (exact) mass is 556 g/mol. The number of hydrogen-bond donors (Lipinski definition) is 2. The Morgan fingerprint density at radius 1 is 1.16 bits per heavy atom. The second-order valence-corrected chi connectivity index (χ2v) is 8.96. The van der Waals surface area contributed by atoms with Crippen molar-refractivity contribution in [2.24, 2.45) is 4.99 Å². The standard InChI is InChI=1S/C24H40N6O.HI/c1-4-30-15-9-13-22(30)16-25-24(26-17-23(31)28(2)3)27-21-12-8-14-29(19-21)18-20-10-6-5-7-11-20;/h5-7,10-11,21-22H,4,8-9,12-19H2,1-3H3,(H2,25,26,27);1H. The highest BCUT2D eigenvalue weighted by Crippen LogP contribution is 2.16. The average molecular weight is 557 g/mol. The van der Waals surface area contributed by atoms with E-state index in [4.69, 9.17) is 0 Å². The molecule has 0 aromatic heterocycles. The van der Waals surface area contributed by atoms with Crippen molar-refractivity contribution in [3.05, 3.63) is 35.9 Å². The van der Waals surface area contributed by atoms with Crippen molar-refractivity contribution in [1.82, 2.24) is 25.3 Å². The van der Waals surface area contributed by atoms with Gasteiger partial charge in [0, 0.05) is 45.8 Å². The largest absolute Gasteiger partial charge is 0.355 e. The number of nitrogens with zero attached hydrogens (tertiary/aromatic N) is 4. The molecule has 0 aliphatic carbocycles. The molecule has 2 fully saturated rings. The van der Waals surface area contributed by atoms with Crippen LogP contribution in [0.25, 0.3) is 0 Å². The summed E-state index contributed by atoms with van der Waals surface area (Å²) in [4.78, 5) is 23.4. The highest BCUT2D eigenvalue weighted by molar-refractivity contribution is 14.0. The first kappa shape index (κ1) is 26.9. The molecule has 3 rings (SSSR count). The lowest BCUT2D eigenvalue weighted by molar-refractivity contribution is -0.127. The second kappa shape index (κ2) is 14.0. The number of hydrogen-bond acceptors (Lipinski definition) is 4. The summed E-state index contributed by atoms with van der Waals surface area (Å²) in [7, 11) is 3.55. The Labute approximate surface area is 211 Å². The highest BCUT2D eigenvalue weighted by Gasteiger charge is 2.24. The van der Waals surface area contributed by atoms with Crippen molar-refractivity contribution in [3.63, 3.8) is 0 Å². The summed E-state index contributed by atoms with van der Waals surface area (Å²) in [5, 5.41) is 7.17. The number of halogens is 1. The molecule has 32 heavy (non-hydrogen) atoms. The van der Waals surface area contributed by atoms with Crippen molar-refractivity contribution in [2.75, 3.05) is 53.4 Å². The number of rotatable bonds is 8. The molecule has 2 aliphatic heterocycles. The predicted octanol–water partition coefficient (Wildman–Crippen LogP) is 2.38. The molecule has 0 saturated carbocycles. The molecule has 2 saturated heterocycles. The third-order valence-electron chi connectivity index (χ3n) is 6.38. The van der Waals surface area contributed by atoms with E-state index in [1.54, 1.807) is 19.0 Å². The van der Waals surface area contributed by atoms with Crippen molar-refractivity contribution < 1.29 is 4.79 Å². The Balaban J connectivity index is 0.00000363. The molecule has 1 amide bonds. The number of guanidine groups is 1. The van der Waals surface area contributed by atoms with Crippen LogP contribution in [-0.2, 0) is 11.3 Å². The molecule has 1 aromatic rings. The van der Waals surface area contributed by atoms with Crippen LogP contribution < -0.4 is 10.6 Å². The fraction of sp³-hybridized carbons (Fsp3) is 0.667. The van der Waals surface area contributed by atoms with Crippen molar-refractivity contribution in [1.29, 1.82) is 0 Å². The Bertz CT molecular complexity index is 714. The lowest BCUT2D eigenvalue weighted by Gasteiger charge is -2.34. The summed E-state index contributed by atoms with van der Waals surface area (Å²) in [6, 6.07) is 11.5. The van der Waals surface area contributed by atoms with E-state index in [9.17, 15) is 4.79 Å². The number of carbonyl (C=O) groups excluding carboxylic acids is 1. The molecule has 2 N–H and O–H groups in total. The zero-order chi connectivity index (χ0) is 22.1. The van der Waals surface area contributed by atoms with E-state index in [0.717, 1.165) is 45.1 Å². The predicted molar refractivity (Wildman–Crippen MR) is 143 cm³/mol. The summed E-state index contributed by atoms with van der Waals surface area (Å²) >= 11 is 0. The van der Waals surface area contributed by atoms with Crippen molar-refractivity contribution >= 4 is 35.8 Å². The number of piperidine rings is 1. The minimum absolute atomic E-state index is 0. The lowest BCUT2D eigenvalue weighted by Crippen LogP contribution is -2.52. The average Bonchev–Trinajstić information content (AvgIpc) is 3.24. The van der Waals surface area contributed by atoms with E-state index in [-0.39, 0.29) is 36.4 Å². The van der Waals surface area contributed by atoms with Gasteiger partial charge in [0.2, 0.25) is 5.91 Å². The van der Waals surface area contributed by atoms with Crippen LogP contribution in [0.3, 0.4) is 0 Å². The molecule has 2 unspecified atom stereocenters. The molecule has 180 valence electrons. The van der Waals surface area contributed by atoms with Crippen LogP contribution in [0.15, 0.2) is 35.3 Å². The molecule has 0 radical (unpaired) electrons. The van der Waals surface area contributed by atoms with Gasteiger partial charge in [-0.3, -0.25) is 14.6 Å². The molecule has 0 bridgehead atoms. The maximum absolute atomic E-state index is 12.1. The van der Waals surface area contributed by atoms with Crippen molar-refractivity contribution in [3.8, 4) is 0 Å². The fourth-order valence-corrected chi connectivity index (χ4v) is 4.55. The maximum atomic E-state index is 12.1. The normalized spacial score (nSPS) is 22.3. The summed E-state index contributed by atoms with van der Waals surface area (Å²) in [5.74, 6) is 0.788. The first-order chi connectivity index (χ1) is 15.0. The number of nitrogens with one attached hydrogen (secondary N) is 2. The molecule has 2 atom stereocenters. The third kappa shape index (κ3) is 8.51. The molecule has 7 nitrogen and oxygen atoms in total. The third-order valence-corrected chi connectivity index (χ3v) is 6.38. The highest BCUT2D eigenvalue weighted by atomic mass is 127. The number of amides is 1. The number of carbonyl (C=O) groups is 1. The Morgan fingerprint density at radius 3 is 2.62 bits per heavy atom. The van der Waals surface area contributed by atoms with E-state index in [2.05, 4.69) is 62.7 Å². The summed E-state index contributed by atoms with van der Waals surface area (Å²) in [5.41, 5.74) is 1.35. The molecule has 0 spiro atoms. The van der Waals surface area contributed by atoms with Crippen LogP contribution in [0.4, 0.5) is 0 Å². The van der Waals surface area contributed by atoms with Crippen molar-refractivity contribution in [2.45, 2.75) is 51.2 Å². The van der Waals surface area contributed by atoms with Crippen LogP contribution in [0.5, 0.6) is 0 Å². The first-order valence-electron chi connectivity index (χ1n) is 11.8. The van der Waals surface area contributed by atoms with Gasteiger partial charge < -0.3 is 15.5 Å². The minimum atomic E-state index is 0. The Kier molecular flexibility index (Phi) is 11.7. The van der Waals surface area contributed by atoms with E-state index in [1.807, 2.05) is 0 Å². The van der Waals surface area contributed by atoms with Gasteiger partial charge in [0.25, 0.3) is 0 Å². The minimum Gasteiger partial charge on any atom is -0.355 e. The van der Waals surface area contributed by atoms with E-state index >= 15 is 0 Å².